The molecule has 1 fully saturated rings. The van der Waals surface area contributed by atoms with E-state index in [4.69, 9.17) is 0 Å². The van der Waals surface area contributed by atoms with Crippen LogP contribution in [0.2, 0.25) is 0 Å². The van der Waals surface area contributed by atoms with Gasteiger partial charge in [0.15, 0.2) is 0 Å². The highest BCUT2D eigenvalue weighted by atomic mass is 16.3. The van der Waals surface area contributed by atoms with E-state index in [2.05, 4.69) is 5.32 Å². The van der Waals surface area contributed by atoms with E-state index >= 15 is 0 Å². The lowest BCUT2D eigenvalue weighted by molar-refractivity contribution is 0.0889. The number of hydrogen-bond donors (Lipinski definition) is 2. The topological polar surface area (TPSA) is 49.3 Å². The Hall–Kier alpha value is -1.19. The van der Waals surface area contributed by atoms with Gasteiger partial charge < -0.3 is 10.4 Å². The predicted molar refractivity (Wildman–Crippen MR) is 62.4 cm³/mol. The molecule has 1 aliphatic rings. The van der Waals surface area contributed by atoms with Gasteiger partial charge >= 0.3 is 0 Å². The first kappa shape index (κ1) is 11.3. The maximum absolute atomic E-state index is 10.5. The molecule has 3 heteroatoms. The van der Waals surface area contributed by atoms with Crippen LogP contribution in [-0.2, 0) is 0 Å². The van der Waals surface area contributed by atoms with Crippen molar-refractivity contribution < 1.29 is 9.90 Å². The molecular weight excluding hydrogens is 202 g/mol. The average molecular weight is 219 g/mol. The maximum atomic E-state index is 10.5. The number of rotatable bonds is 3. The Morgan fingerprint density at radius 2 is 1.88 bits per heavy atom. The fraction of sp³-hybridized carbons (Fsp3) is 0.462. The number of carbonyl (C=O) groups excluding carboxylic acids is 1. The van der Waals surface area contributed by atoms with Gasteiger partial charge in [0.1, 0.15) is 6.29 Å². The first-order valence-corrected chi connectivity index (χ1v) is 5.75. The van der Waals surface area contributed by atoms with Crippen molar-refractivity contribution in [3.05, 3.63) is 35.4 Å². The van der Waals surface area contributed by atoms with E-state index in [1.54, 1.807) is 12.1 Å². The molecule has 1 saturated heterocycles. The number of piperidine rings is 1. The quantitative estimate of drug-likeness (QED) is 0.758. The molecule has 2 rings (SSSR count). The van der Waals surface area contributed by atoms with E-state index < -0.39 is 6.10 Å². The number of aliphatic hydroxyl groups excluding tert-OH is 1. The molecule has 0 spiro atoms. The van der Waals surface area contributed by atoms with Gasteiger partial charge in [-0.2, -0.15) is 0 Å². The van der Waals surface area contributed by atoms with Crippen LogP contribution in [-0.4, -0.2) is 24.5 Å². The molecule has 2 N–H and O–H groups in total. The molecule has 1 aromatic rings. The summed E-state index contributed by atoms with van der Waals surface area (Å²) in [7, 11) is 0. The van der Waals surface area contributed by atoms with Crippen molar-refractivity contribution in [3.63, 3.8) is 0 Å². The highest BCUT2D eigenvalue weighted by molar-refractivity contribution is 5.74. The summed E-state index contributed by atoms with van der Waals surface area (Å²) < 4.78 is 0. The van der Waals surface area contributed by atoms with E-state index in [1.807, 2.05) is 12.1 Å². The molecule has 16 heavy (non-hydrogen) atoms. The largest absolute Gasteiger partial charge is 0.388 e. The Morgan fingerprint density at radius 1 is 1.25 bits per heavy atom. The van der Waals surface area contributed by atoms with Gasteiger partial charge in [-0.1, -0.05) is 24.3 Å². The molecule has 1 atom stereocenters. The SMILES string of the molecule is O=Cc1ccc(C(O)C2CCNCC2)cc1. The van der Waals surface area contributed by atoms with Gasteiger partial charge in [0.2, 0.25) is 0 Å². The fourth-order valence-corrected chi connectivity index (χ4v) is 2.20. The summed E-state index contributed by atoms with van der Waals surface area (Å²) in [6.45, 7) is 1.96. The Balaban J connectivity index is 2.06. The summed E-state index contributed by atoms with van der Waals surface area (Å²) in [6.07, 6.45) is 2.44. The van der Waals surface area contributed by atoms with Gasteiger partial charge in [0.05, 0.1) is 6.10 Å². The summed E-state index contributed by atoms with van der Waals surface area (Å²) in [5.41, 5.74) is 1.57. The lowest BCUT2D eigenvalue weighted by Crippen LogP contribution is -2.30. The second-order valence-electron chi connectivity index (χ2n) is 4.32. The summed E-state index contributed by atoms with van der Waals surface area (Å²) >= 11 is 0. The van der Waals surface area contributed by atoms with Crippen LogP contribution in [0.1, 0.15) is 34.9 Å². The number of benzene rings is 1. The monoisotopic (exact) mass is 219 g/mol. The summed E-state index contributed by atoms with van der Waals surface area (Å²) in [5.74, 6) is 0.336. The minimum absolute atomic E-state index is 0.336. The third-order valence-corrected chi connectivity index (χ3v) is 3.24. The van der Waals surface area contributed by atoms with Crippen LogP contribution in [0.25, 0.3) is 0 Å². The lowest BCUT2D eigenvalue weighted by atomic mass is 9.88. The van der Waals surface area contributed by atoms with E-state index in [0.29, 0.717) is 11.5 Å². The zero-order valence-corrected chi connectivity index (χ0v) is 9.23. The number of nitrogens with one attached hydrogen (secondary N) is 1. The van der Waals surface area contributed by atoms with Crippen LogP contribution in [0.3, 0.4) is 0 Å². The van der Waals surface area contributed by atoms with Gasteiger partial charge in [0, 0.05) is 5.56 Å². The minimum atomic E-state index is -0.400. The molecule has 0 aromatic heterocycles. The van der Waals surface area contributed by atoms with Crippen LogP contribution in [0.4, 0.5) is 0 Å². The maximum Gasteiger partial charge on any atom is 0.150 e. The standard InChI is InChI=1S/C13H17NO2/c15-9-10-1-3-11(4-2-10)13(16)12-5-7-14-8-6-12/h1-4,9,12-14,16H,5-8H2. The van der Waals surface area contributed by atoms with Gasteiger partial charge in [0.25, 0.3) is 0 Å². The first-order valence-electron chi connectivity index (χ1n) is 5.75. The molecule has 0 bridgehead atoms. The number of hydrogen-bond acceptors (Lipinski definition) is 3. The van der Waals surface area contributed by atoms with Gasteiger partial charge in [-0.25, -0.2) is 0 Å². The lowest BCUT2D eigenvalue weighted by Gasteiger charge is -2.27. The van der Waals surface area contributed by atoms with E-state index in [9.17, 15) is 9.90 Å². The molecule has 0 radical (unpaired) electrons. The fourth-order valence-electron chi connectivity index (χ4n) is 2.20. The van der Waals surface area contributed by atoms with Crippen molar-refractivity contribution >= 4 is 6.29 Å². The molecule has 1 heterocycles. The van der Waals surface area contributed by atoms with Crippen molar-refractivity contribution in [3.8, 4) is 0 Å². The zero-order valence-electron chi connectivity index (χ0n) is 9.23. The summed E-state index contributed by atoms with van der Waals surface area (Å²) in [6, 6.07) is 7.20. The van der Waals surface area contributed by atoms with Crippen molar-refractivity contribution in [2.24, 2.45) is 5.92 Å². The van der Waals surface area contributed by atoms with Crippen molar-refractivity contribution in [2.75, 3.05) is 13.1 Å². The van der Waals surface area contributed by atoms with E-state index in [-0.39, 0.29) is 0 Å². The normalized spacial score (nSPS) is 19.3. The third-order valence-electron chi connectivity index (χ3n) is 3.24. The van der Waals surface area contributed by atoms with E-state index in [1.165, 1.54) is 0 Å². The van der Waals surface area contributed by atoms with Crippen LogP contribution in [0.5, 0.6) is 0 Å². The molecule has 1 aromatic carbocycles. The van der Waals surface area contributed by atoms with Crippen LogP contribution in [0.15, 0.2) is 24.3 Å². The first-order chi connectivity index (χ1) is 7.81. The highest BCUT2D eigenvalue weighted by Gasteiger charge is 2.22. The van der Waals surface area contributed by atoms with Crippen molar-refractivity contribution in [1.82, 2.24) is 5.32 Å². The molecule has 0 aliphatic carbocycles. The Kier molecular flexibility index (Phi) is 3.70. The van der Waals surface area contributed by atoms with Crippen LogP contribution >= 0.6 is 0 Å². The predicted octanol–water partition coefficient (Wildman–Crippen LogP) is 1.53. The third kappa shape index (κ3) is 2.49. The Labute approximate surface area is 95.5 Å². The van der Waals surface area contributed by atoms with Crippen LogP contribution < -0.4 is 5.32 Å². The Morgan fingerprint density at radius 3 is 2.44 bits per heavy atom. The smallest absolute Gasteiger partial charge is 0.150 e. The number of carbonyl (C=O) groups is 1. The Bertz CT molecular complexity index is 341. The number of aldehydes is 1. The second kappa shape index (κ2) is 5.23. The summed E-state index contributed by atoms with van der Waals surface area (Å²) in [5, 5.41) is 13.5. The summed E-state index contributed by atoms with van der Waals surface area (Å²) in [4.78, 5) is 10.5. The van der Waals surface area contributed by atoms with E-state index in [0.717, 1.165) is 37.8 Å². The minimum Gasteiger partial charge on any atom is -0.388 e. The van der Waals surface area contributed by atoms with Gasteiger partial charge in [-0.05, 0) is 37.4 Å². The highest BCUT2D eigenvalue weighted by Crippen LogP contribution is 2.28. The molecular formula is C13H17NO2. The average Bonchev–Trinajstić information content (AvgIpc) is 2.39. The van der Waals surface area contributed by atoms with Crippen molar-refractivity contribution in [1.29, 1.82) is 0 Å². The van der Waals surface area contributed by atoms with Gasteiger partial charge in [-0.15, -0.1) is 0 Å². The molecule has 0 amide bonds. The zero-order chi connectivity index (χ0) is 11.4. The molecule has 1 unspecified atom stereocenters. The molecule has 1 aliphatic heterocycles. The van der Waals surface area contributed by atoms with Crippen molar-refractivity contribution in [2.45, 2.75) is 18.9 Å². The molecule has 0 saturated carbocycles. The molecule has 86 valence electrons. The molecule has 3 nitrogen and oxygen atoms in total. The number of aliphatic hydroxyl groups is 1. The van der Waals surface area contributed by atoms with Crippen LogP contribution in [0, 0.1) is 5.92 Å². The second-order valence-corrected chi connectivity index (χ2v) is 4.32. The van der Waals surface area contributed by atoms with Gasteiger partial charge in [-0.3, -0.25) is 4.79 Å².